The highest BCUT2D eigenvalue weighted by Gasteiger charge is 2.17. The Kier molecular flexibility index (Phi) is 5.71. The van der Waals surface area contributed by atoms with E-state index in [0.717, 1.165) is 54.8 Å². The molecule has 0 atom stereocenters. The maximum atomic E-state index is 5.31. The highest BCUT2D eigenvalue weighted by atomic mass is 16.5. The molecule has 1 aliphatic heterocycles. The molecule has 0 bridgehead atoms. The lowest BCUT2D eigenvalue weighted by molar-refractivity contribution is 0.414. The van der Waals surface area contributed by atoms with Gasteiger partial charge in [-0.15, -0.1) is 0 Å². The fourth-order valence-corrected chi connectivity index (χ4v) is 3.50. The molecule has 0 radical (unpaired) electrons. The van der Waals surface area contributed by atoms with E-state index in [-0.39, 0.29) is 0 Å². The van der Waals surface area contributed by atoms with Crippen molar-refractivity contribution in [2.45, 2.75) is 19.3 Å². The maximum Gasteiger partial charge on any atom is 0.227 e. The van der Waals surface area contributed by atoms with Crippen molar-refractivity contribution in [2.24, 2.45) is 0 Å². The molecule has 144 valence electrons. The van der Waals surface area contributed by atoms with Gasteiger partial charge in [0.2, 0.25) is 5.95 Å². The van der Waals surface area contributed by atoms with Gasteiger partial charge in [-0.25, -0.2) is 4.98 Å². The van der Waals surface area contributed by atoms with Crippen LogP contribution in [0.4, 0.5) is 11.8 Å². The van der Waals surface area contributed by atoms with Gasteiger partial charge in [-0.3, -0.25) is 0 Å². The minimum Gasteiger partial charge on any atom is -0.497 e. The first-order valence-corrected chi connectivity index (χ1v) is 9.88. The van der Waals surface area contributed by atoms with E-state index >= 15 is 0 Å². The van der Waals surface area contributed by atoms with Gasteiger partial charge in [0.25, 0.3) is 0 Å². The first kappa shape index (κ1) is 18.3. The zero-order valence-corrected chi connectivity index (χ0v) is 16.3. The van der Waals surface area contributed by atoms with Gasteiger partial charge in [-0.05, 0) is 37.0 Å². The van der Waals surface area contributed by atoms with E-state index in [9.17, 15) is 0 Å². The van der Waals surface area contributed by atoms with E-state index in [1.54, 1.807) is 7.11 Å². The van der Waals surface area contributed by atoms with Crippen LogP contribution in [-0.2, 0) is 6.42 Å². The number of nitrogens with one attached hydrogen (secondary N) is 1. The van der Waals surface area contributed by atoms with Crippen molar-refractivity contribution in [2.75, 3.05) is 37.0 Å². The average molecular weight is 374 g/mol. The number of ether oxygens (including phenoxy) is 1. The number of nitrogens with zero attached hydrogens (tertiary/aromatic N) is 3. The number of hydrogen-bond acceptors (Lipinski definition) is 5. The van der Waals surface area contributed by atoms with Crippen LogP contribution in [0.1, 0.15) is 18.4 Å². The molecule has 0 spiro atoms. The highest BCUT2D eigenvalue weighted by molar-refractivity contribution is 5.64. The van der Waals surface area contributed by atoms with Crippen LogP contribution in [-0.4, -0.2) is 36.7 Å². The van der Waals surface area contributed by atoms with Gasteiger partial charge in [0.15, 0.2) is 0 Å². The predicted octanol–water partition coefficient (Wildman–Crippen LogP) is 4.41. The van der Waals surface area contributed by atoms with Gasteiger partial charge in [-0.2, -0.15) is 4.98 Å². The summed E-state index contributed by atoms with van der Waals surface area (Å²) in [5, 5.41) is 3.49. The van der Waals surface area contributed by atoms with Gasteiger partial charge in [0, 0.05) is 31.3 Å². The number of methoxy groups -OCH3 is 1. The van der Waals surface area contributed by atoms with E-state index in [2.05, 4.69) is 34.5 Å². The Morgan fingerprint density at radius 2 is 1.79 bits per heavy atom. The molecule has 5 nitrogen and oxygen atoms in total. The Morgan fingerprint density at radius 3 is 2.57 bits per heavy atom. The maximum absolute atomic E-state index is 5.31. The molecule has 0 aliphatic carbocycles. The van der Waals surface area contributed by atoms with Crippen LogP contribution in [0, 0.1) is 0 Å². The van der Waals surface area contributed by atoms with Crippen molar-refractivity contribution in [1.29, 1.82) is 0 Å². The summed E-state index contributed by atoms with van der Waals surface area (Å²) in [6.07, 6.45) is 3.32. The van der Waals surface area contributed by atoms with E-state index in [1.165, 1.54) is 18.4 Å². The molecule has 2 heterocycles. The largest absolute Gasteiger partial charge is 0.497 e. The van der Waals surface area contributed by atoms with Gasteiger partial charge in [0.1, 0.15) is 11.6 Å². The summed E-state index contributed by atoms with van der Waals surface area (Å²) in [5.74, 6) is 2.59. The zero-order valence-electron chi connectivity index (χ0n) is 16.3. The molecule has 0 unspecified atom stereocenters. The molecule has 28 heavy (non-hydrogen) atoms. The molecule has 0 amide bonds. The van der Waals surface area contributed by atoms with Crippen LogP contribution < -0.4 is 15.0 Å². The monoisotopic (exact) mass is 374 g/mol. The Hall–Kier alpha value is -3.08. The molecule has 1 fully saturated rings. The van der Waals surface area contributed by atoms with Gasteiger partial charge >= 0.3 is 0 Å². The molecule has 1 aromatic heterocycles. The van der Waals surface area contributed by atoms with Crippen LogP contribution >= 0.6 is 0 Å². The Labute approximate surface area is 166 Å². The second-order valence-corrected chi connectivity index (χ2v) is 7.03. The van der Waals surface area contributed by atoms with Gasteiger partial charge < -0.3 is 15.0 Å². The molecule has 3 aromatic rings. The van der Waals surface area contributed by atoms with Crippen LogP contribution in [0.3, 0.4) is 0 Å². The molecule has 1 aliphatic rings. The molecule has 0 saturated carbocycles. The molecule has 2 aromatic carbocycles. The topological polar surface area (TPSA) is 50.3 Å². The second-order valence-electron chi connectivity index (χ2n) is 7.03. The van der Waals surface area contributed by atoms with E-state index in [4.69, 9.17) is 14.7 Å². The lowest BCUT2D eigenvalue weighted by Crippen LogP contribution is -2.21. The first-order valence-electron chi connectivity index (χ1n) is 9.88. The number of anilines is 2. The van der Waals surface area contributed by atoms with Crippen LogP contribution in [0.5, 0.6) is 5.75 Å². The van der Waals surface area contributed by atoms with Crippen LogP contribution in [0.15, 0.2) is 60.7 Å². The summed E-state index contributed by atoms with van der Waals surface area (Å²) in [6, 6.07) is 20.5. The van der Waals surface area contributed by atoms with Crippen molar-refractivity contribution in [1.82, 2.24) is 9.97 Å². The van der Waals surface area contributed by atoms with Crippen LogP contribution in [0.25, 0.3) is 11.3 Å². The average Bonchev–Trinajstić information content (AvgIpc) is 3.29. The summed E-state index contributed by atoms with van der Waals surface area (Å²) < 4.78 is 5.31. The van der Waals surface area contributed by atoms with Gasteiger partial charge in [0.05, 0.1) is 12.8 Å². The van der Waals surface area contributed by atoms with Crippen molar-refractivity contribution in [3.8, 4) is 17.0 Å². The summed E-state index contributed by atoms with van der Waals surface area (Å²) in [5.41, 5.74) is 3.31. The minimum atomic E-state index is 0.803. The third-order valence-electron chi connectivity index (χ3n) is 5.03. The molecule has 1 saturated heterocycles. The van der Waals surface area contributed by atoms with E-state index < -0.39 is 0 Å². The molecule has 4 rings (SSSR count). The summed E-state index contributed by atoms with van der Waals surface area (Å²) >= 11 is 0. The number of benzene rings is 2. The standard InChI is InChI=1S/C23H26N4O/c1-28-20-11-7-8-18(16-20)12-13-24-22-17-21(19-9-3-2-4-10-19)25-23(26-22)27-14-5-6-15-27/h2-4,7-11,16-17H,5-6,12-15H2,1H3,(H,24,25,26). The van der Waals surface area contributed by atoms with E-state index in [1.807, 2.05) is 36.4 Å². The molecular formula is C23H26N4O. The third-order valence-corrected chi connectivity index (χ3v) is 5.03. The van der Waals surface area contributed by atoms with Crippen molar-refractivity contribution in [3.05, 3.63) is 66.2 Å². The summed E-state index contributed by atoms with van der Waals surface area (Å²) in [6.45, 7) is 2.86. The lowest BCUT2D eigenvalue weighted by Gasteiger charge is -2.18. The molecule has 5 heteroatoms. The summed E-state index contributed by atoms with van der Waals surface area (Å²) in [4.78, 5) is 11.9. The normalized spacial score (nSPS) is 13.5. The van der Waals surface area contributed by atoms with Crippen molar-refractivity contribution < 1.29 is 4.74 Å². The van der Waals surface area contributed by atoms with Crippen molar-refractivity contribution in [3.63, 3.8) is 0 Å². The Balaban J connectivity index is 1.52. The minimum absolute atomic E-state index is 0.803. The summed E-state index contributed by atoms with van der Waals surface area (Å²) in [7, 11) is 1.70. The van der Waals surface area contributed by atoms with Crippen molar-refractivity contribution >= 4 is 11.8 Å². The smallest absolute Gasteiger partial charge is 0.227 e. The predicted molar refractivity (Wildman–Crippen MR) is 114 cm³/mol. The number of aromatic nitrogens is 2. The third kappa shape index (κ3) is 4.42. The molecule has 1 N–H and O–H groups in total. The molecular weight excluding hydrogens is 348 g/mol. The Morgan fingerprint density at radius 1 is 0.964 bits per heavy atom. The van der Waals surface area contributed by atoms with Crippen LogP contribution in [0.2, 0.25) is 0 Å². The Bertz CT molecular complexity index is 907. The quantitative estimate of drug-likeness (QED) is 0.664. The fourth-order valence-electron chi connectivity index (χ4n) is 3.50. The number of hydrogen-bond donors (Lipinski definition) is 1. The second kappa shape index (κ2) is 8.74. The lowest BCUT2D eigenvalue weighted by atomic mass is 10.1. The fraction of sp³-hybridized carbons (Fsp3) is 0.304. The highest BCUT2D eigenvalue weighted by Crippen LogP contribution is 2.25. The number of rotatable bonds is 7. The SMILES string of the molecule is COc1cccc(CCNc2cc(-c3ccccc3)nc(N3CCCC3)n2)c1. The van der Waals surface area contributed by atoms with E-state index in [0.29, 0.717) is 0 Å². The van der Waals surface area contributed by atoms with Gasteiger partial charge in [-0.1, -0.05) is 42.5 Å². The first-order chi connectivity index (χ1) is 13.8. The zero-order chi connectivity index (χ0) is 19.2.